The second kappa shape index (κ2) is 3.23. The van der Waals surface area contributed by atoms with Crippen molar-refractivity contribution in [2.24, 2.45) is 5.92 Å². The molecule has 0 amide bonds. The predicted octanol–water partition coefficient (Wildman–Crippen LogP) is 1.85. The Bertz CT molecular complexity index is 99.2. The van der Waals surface area contributed by atoms with E-state index in [4.69, 9.17) is 0 Å². The Kier molecular flexibility index (Phi) is 2.54. The number of alkyl halides is 2. The van der Waals surface area contributed by atoms with E-state index in [2.05, 4.69) is 0 Å². The summed E-state index contributed by atoms with van der Waals surface area (Å²) in [5.74, 6) is -0.577. The zero-order valence-electron chi connectivity index (χ0n) is 5.56. The first-order valence-corrected chi connectivity index (χ1v) is 3.39. The smallest absolute Gasteiger partial charge is 0.210 e. The lowest BCUT2D eigenvalue weighted by Crippen LogP contribution is -2.30. The molecule has 1 nitrogen and oxygen atoms in total. The molecule has 0 N–H and O–H groups in total. The first kappa shape index (κ1) is 7.85. The second-order valence-corrected chi connectivity index (χ2v) is 2.58. The average molecular weight is 153 g/mol. The van der Waals surface area contributed by atoms with Crippen molar-refractivity contribution in [2.45, 2.75) is 19.3 Å². The van der Waals surface area contributed by atoms with Crippen LogP contribution in [-0.2, 0) is 0 Å². The minimum absolute atomic E-state index is 0.162. The molecule has 0 aromatic carbocycles. The quantitative estimate of drug-likeness (QED) is 0.519. The summed E-state index contributed by atoms with van der Waals surface area (Å²) in [4.78, 5) is 0. The van der Waals surface area contributed by atoms with Gasteiger partial charge in [-0.2, -0.15) is 0 Å². The van der Waals surface area contributed by atoms with Gasteiger partial charge in [-0.05, 0) is 12.8 Å². The van der Waals surface area contributed by atoms with Gasteiger partial charge in [-0.1, -0.05) is 0 Å². The summed E-state index contributed by atoms with van der Waals surface area (Å²) in [6.07, 6.45) is -1.70. The van der Waals surface area contributed by atoms with Crippen LogP contribution in [0.5, 0.6) is 0 Å². The maximum Gasteiger partial charge on any atom is 0.241 e. The van der Waals surface area contributed by atoms with E-state index in [0.29, 0.717) is 5.12 Å². The number of halogens is 3. The fourth-order valence-electron chi connectivity index (χ4n) is 1.12. The highest BCUT2D eigenvalue weighted by molar-refractivity contribution is 4.69. The largest absolute Gasteiger partial charge is 0.241 e. The lowest BCUT2D eigenvalue weighted by atomic mass is 9.99. The van der Waals surface area contributed by atoms with E-state index in [-0.39, 0.29) is 25.9 Å². The fraction of sp³-hybridized carbons (Fsp3) is 1.00. The Morgan fingerprint density at radius 3 is 2.10 bits per heavy atom. The van der Waals surface area contributed by atoms with Gasteiger partial charge in [-0.15, -0.1) is 9.60 Å². The zero-order chi connectivity index (χ0) is 7.56. The fourth-order valence-corrected chi connectivity index (χ4v) is 1.12. The predicted molar refractivity (Wildman–Crippen MR) is 31.4 cm³/mol. The standard InChI is InChI=1S/C6H10F3N/c7-6(8)5-1-3-10(9)4-2-5/h5-6H,1-4H2. The van der Waals surface area contributed by atoms with Gasteiger partial charge in [0.05, 0.1) is 0 Å². The Morgan fingerprint density at radius 1 is 1.20 bits per heavy atom. The van der Waals surface area contributed by atoms with Gasteiger partial charge in [0.2, 0.25) is 6.43 Å². The van der Waals surface area contributed by atoms with Gasteiger partial charge in [0.1, 0.15) is 0 Å². The van der Waals surface area contributed by atoms with Crippen LogP contribution in [0, 0.1) is 5.92 Å². The van der Waals surface area contributed by atoms with Gasteiger partial charge >= 0.3 is 0 Å². The molecule has 1 saturated heterocycles. The SMILES string of the molecule is FC(F)C1CCN(F)CC1. The third kappa shape index (κ3) is 1.87. The third-order valence-corrected chi connectivity index (χ3v) is 1.84. The Hall–Kier alpha value is -0.250. The van der Waals surface area contributed by atoms with Gasteiger partial charge in [0, 0.05) is 19.0 Å². The number of nitrogens with zero attached hydrogens (tertiary/aromatic N) is 1. The van der Waals surface area contributed by atoms with Crippen LogP contribution in [0.1, 0.15) is 12.8 Å². The van der Waals surface area contributed by atoms with Crippen LogP contribution in [-0.4, -0.2) is 24.6 Å². The van der Waals surface area contributed by atoms with Gasteiger partial charge < -0.3 is 0 Å². The molecule has 0 aliphatic carbocycles. The molecule has 0 aromatic heterocycles. The van der Waals surface area contributed by atoms with Crippen molar-refractivity contribution < 1.29 is 13.3 Å². The van der Waals surface area contributed by atoms with Crippen molar-refractivity contribution in [3.63, 3.8) is 0 Å². The molecule has 1 heterocycles. The lowest BCUT2D eigenvalue weighted by Gasteiger charge is -2.24. The summed E-state index contributed by atoms with van der Waals surface area (Å²) in [6, 6.07) is 0. The van der Waals surface area contributed by atoms with E-state index >= 15 is 0 Å². The molecular weight excluding hydrogens is 143 g/mol. The maximum absolute atomic E-state index is 12.2. The summed E-state index contributed by atoms with van der Waals surface area (Å²) in [7, 11) is 0. The first-order valence-electron chi connectivity index (χ1n) is 3.39. The first-order chi connectivity index (χ1) is 4.70. The molecule has 1 aliphatic heterocycles. The van der Waals surface area contributed by atoms with Crippen LogP contribution in [0.15, 0.2) is 0 Å². The molecule has 0 bridgehead atoms. The minimum atomic E-state index is -2.27. The molecule has 60 valence electrons. The van der Waals surface area contributed by atoms with Crippen LogP contribution in [0.2, 0.25) is 0 Å². The van der Waals surface area contributed by atoms with Crippen LogP contribution < -0.4 is 0 Å². The Balaban J connectivity index is 2.26. The van der Waals surface area contributed by atoms with Gasteiger partial charge in [-0.3, -0.25) is 0 Å². The summed E-state index contributed by atoms with van der Waals surface area (Å²) in [5, 5.41) is 0.596. The van der Waals surface area contributed by atoms with Crippen LogP contribution >= 0.6 is 0 Å². The zero-order valence-corrected chi connectivity index (χ0v) is 5.56. The average Bonchev–Trinajstić information content (AvgIpc) is 1.88. The summed E-state index contributed by atoms with van der Waals surface area (Å²) in [6.45, 7) is 0.323. The van der Waals surface area contributed by atoms with Crippen molar-refractivity contribution in [3.8, 4) is 0 Å². The highest BCUT2D eigenvalue weighted by atomic mass is 19.3. The van der Waals surface area contributed by atoms with Crippen molar-refractivity contribution in [3.05, 3.63) is 0 Å². The molecule has 4 heteroatoms. The highest BCUT2D eigenvalue weighted by Crippen LogP contribution is 2.23. The van der Waals surface area contributed by atoms with Gasteiger partial charge in [0.25, 0.3) is 0 Å². The topological polar surface area (TPSA) is 3.24 Å². The molecule has 0 unspecified atom stereocenters. The third-order valence-electron chi connectivity index (χ3n) is 1.84. The van der Waals surface area contributed by atoms with Crippen molar-refractivity contribution >= 4 is 0 Å². The van der Waals surface area contributed by atoms with E-state index in [1.807, 2.05) is 0 Å². The van der Waals surface area contributed by atoms with Gasteiger partial charge in [0.15, 0.2) is 0 Å². The number of rotatable bonds is 1. The molecule has 0 spiro atoms. The molecule has 0 atom stereocenters. The molecule has 1 rings (SSSR count). The second-order valence-electron chi connectivity index (χ2n) is 2.58. The van der Waals surface area contributed by atoms with Crippen LogP contribution in [0.25, 0.3) is 0 Å². The summed E-state index contributed by atoms with van der Waals surface area (Å²) < 4.78 is 36.0. The minimum Gasteiger partial charge on any atom is -0.210 e. The number of hydrogen-bond donors (Lipinski definition) is 0. The van der Waals surface area contributed by atoms with Crippen molar-refractivity contribution in [2.75, 3.05) is 13.1 Å². The monoisotopic (exact) mass is 153 g/mol. The lowest BCUT2D eigenvalue weighted by molar-refractivity contribution is -0.0412. The summed E-state index contributed by atoms with van der Waals surface area (Å²) >= 11 is 0. The Morgan fingerprint density at radius 2 is 1.70 bits per heavy atom. The van der Waals surface area contributed by atoms with E-state index < -0.39 is 12.3 Å². The molecule has 1 aliphatic rings. The van der Waals surface area contributed by atoms with E-state index in [9.17, 15) is 13.3 Å². The van der Waals surface area contributed by atoms with Crippen LogP contribution in [0.4, 0.5) is 13.3 Å². The number of hydrogen-bond acceptors (Lipinski definition) is 1. The molecule has 0 aromatic rings. The van der Waals surface area contributed by atoms with Crippen LogP contribution in [0.3, 0.4) is 0 Å². The van der Waals surface area contributed by atoms with E-state index in [1.54, 1.807) is 0 Å². The van der Waals surface area contributed by atoms with E-state index in [1.165, 1.54) is 0 Å². The normalized spacial score (nSPS) is 24.0. The molecular formula is C6H10F3N. The molecule has 0 saturated carbocycles. The number of piperidine rings is 1. The van der Waals surface area contributed by atoms with Crippen molar-refractivity contribution in [1.29, 1.82) is 0 Å². The van der Waals surface area contributed by atoms with Gasteiger partial charge in [-0.25, -0.2) is 8.78 Å². The maximum atomic E-state index is 12.2. The molecule has 0 radical (unpaired) electrons. The summed E-state index contributed by atoms with van der Waals surface area (Å²) in [5.41, 5.74) is 0. The molecule has 1 fully saturated rings. The highest BCUT2D eigenvalue weighted by Gasteiger charge is 2.25. The van der Waals surface area contributed by atoms with Crippen molar-refractivity contribution in [1.82, 2.24) is 5.12 Å². The Labute approximate surface area is 57.7 Å². The van der Waals surface area contributed by atoms with E-state index in [0.717, 1.165) is 0 Å². The molecule has 10 heavy (non-hydrogen) atoms.